The number of hydrogen-bond donors (Lipinski definition) is 2. The Kier molecular flexibility index (Phi) is 6.48. The van der Waals surface area contributed by atoms with Crippen molar-refractivity contribution in [1.29, 1.82) is 0 Å². The first-order chi connectivity index (χ1) is 9.03. The van der Waals surface area contributed by atoms with E-state index in [0.717, 1.165) is 31.4 Å². The van der Waals surface area contributed by atoms with Gasteiger partial charge in [-0.15, -0.1) is 0 Å². The minimum Gasteiger partial charge on any atom is -0.319 e. The summed E-state index contributed by atoms with van der Waals surface area (Å²) in [6, 6.07) is 7.11. The monoisotopic (exact) mass is 284 g/mol. The molecule has 0 radical (unpaired) electrons. The molecule has 0 amide bonds. The first kappa shape index (κ1) is 16.1. The molecule has 1 aromatic rings. The van der Waals surface area contributed by atoms with Crippen LogP contribution in [0.1, 0.15) is 32.3 Å². The van der Waals surface area contributed by atoms with Crippen LogP contribution in [0, 0.1) is 0 Å². The third-order valence-corrected chi connectivity index (χ3v) is 4.74. The smallest absolute Gasteiger partial charge is 0.240 e. The van der Waals surface area contributed by atoms with E-state index >= 15 is 0 Å². The van der Waals surface area contributed by atoms with E-state index in [1.807, 2.05) is 33.0 Å². The lowest BCUT2D eigenvalue weighted by Crippen LogP contribution is -2.33. The Balaban J connectivity index is 2.78. The van der Waals surface area contributed by atoms with Gasteiger partial charge in [0.05, 0.1) is 4.90 Å². The molecule has 2 N–H and O–H groups in total. The number of sulfonamides is 1. The molecule has 0 unspecified atom stereocenters. The molecule has 1 rings (SSSR count). The average Bonchev–Trinajstić information content (AvgIpc) is 2.43. The first-order valence-electron chi connectivity index (χ1n) is 6.79. The summed E-state index contributed by atoms with van der Waals surface area (Å²) < 4.78 is 27.1. The van der Waals surface area contributed by atoms with Crippen molar-refractivity contribution in [2.75, 3.05) is 13.6 Å². The van der Waals surface area contributed by atoms with Crippen LogP contribution in [0.5, 0.6) is 0 Å². The molecule has 0 atom stereocenters. The summed E-state index contributed by atoms with van der Waals surface area (Å²) in [5.41, 5.74) is 1.14. The summed E-state index contributed by atoms with van der Waals surface area (Å²) >= 11 is 0. The molecule has 0 bridgehead atoms. The maximum atomic E-state index is 12.2. The zero-order chi connectivity index (χ0) is 14.3. The molecule has 5 heteroatoms. The minimum atomic E-state index is -3.39. The molecule has 4 nitrogen and oxygen atoms in total. The van der Waals surface area contributed by atoms with Gasteiger partial charge in [0.2, 0.25) is 10.0 Å². The molecule has 0 aliphatic rings. The highest BCUT2D eigenvalue weighted by molar-refractivity contribution is 7.89. The van der Waals surface area contributed by atoms with Crippen molar-refractivity contribution < 1.29 is 8.42 Å². The standard InChI is InChI=1S/C14H24N2O2S/c1-4-13(5-2)16-19(17,18)14-8-6-12(7-9-14)10-11-15-3/h6-9,13,15-16H,4-5,10-11H2,1-3H3. The Labute approximate surface area is 116 Å². The van der Waals surface area contributed by atoms with E-state index in [-0.39, 0.29) is 6.04 Å². The van der Waals surface area contributed by atoms with Crippen molar-refractivity contribution in [3.8, 4) is 0 Å². The number of benzene rings is 1. The number of likely N-dealkylation sites (N-methyl/N-ethyl adjacent to an activating group) is 1. The van der Waals surface area contributed by atoms with Gasteiger partial charge in [-0.2, -0.15) is 0 Å². The molecular weight excluding hydrogens is 260 g/mol. The summed E-state index contributed by atoms with van der Waals surface area (Å²) in [6.45, 7) is 4.85. The Morgan fingerprint density at radius 1 is 1.11 bits per heavy atom. The summed E-state index contributed by atoms with van der Waals surface area (Å²) in [6.07, 6.45) is 2.50. The SMILES string of the molecule is CCC(CC)NS(=O)(=O)c1ccc(CCNC)cc1. The van der Waals surface area contributed by atoms with Crippen molar-refractivity contribution in [1.82, 2.24) is 10.0 Å². The maximum Gasteiger partial charge on any atom is 0.240 e. The third kappa shape index (κ3) is 4.93. The average molecular weight is 284 g/mol. The van der Waals surface area contributed by atoms with E-state index in [1.54, 1.807) is 12.1 Å². The van der Waals surface area contributed by atoms with Crippen LogP contribution in [0.4, 0.5) is 0 Å². The van der Waals surface area contributed by atoms with Gasteiger partial charge in [0.25, 0.3) is 0 Å². The molecule has 0 heterocycles. The largest absolute Gasteiger partial charge is 0.319 e. The quantitative estimate of drug-likeness (QED) is 0.767. The highest BCUT2D eigenvalue weighted by Gasteiger charge is 2.17. The zero-order valence-corrected chi connectivity index (χ0v) is 12.8. The highest BCUT2D eigenvalue weighted by Crippen LogP contribution is 2.12. The summed E-state index contributed by atoms with van der Waals surface area (Å²) in [5.74, 6) is 0. The minimum absolute atomic E-state index is 0.00830. The van der Waals surface area contributed by atoms with Crippen molar-refractivity contribution in [3.63, 3.8) is 0 Å². The van der Waals surface area contributed by atoms with Crippen LogP contribution >= 0.6 is 0 Å². The molecule has 108 valence electrons. The molecule has 0 spiro atoms. The van der Waals surface area contributed by atoms with Crippen LogP contribution in [-0.2, 0) is 16.4 Å². The second-order valence-corrected chi connectivity index (χ2v) is 6.35. The highest BCUT2D eigenvalue weighted by atomic mass is 32.2. The van der Waals surface area contributed by atoms with Crippen molar-refractivity contribution >= 4 is 10.0 Å². The van der Waals surface area contributed by atoms with E-state index in [4.69, 9.17) is 0 Å². The Hall–Kier alpha value is -0.910. The normalized spacial score (nSPS) is 12.0. The van der Waals surface area contributed by atoms with Gasteiger partial charge in [0, 0.05) is 6.04 Å². The predicted molar refractivity (Wildman–Crippen MR) is 78.8 cm³/mol. The van der Waals surface area contributed by atoms with Gasteiger partial charge < -0.3 is 5.32 Å². The van der Waals surface area contributed by atoms with E-state index in [2.05, 4.69) is 10.0 Å². The Bertz CT molecular complexity index is 465. The Morgan fingerprint density at radius 2 is 1.68 bits per heavy atom. The molecule has 0 aliphatic heterocycles. The topological polar surface area (TPSA) is 58.2 Å². The lowest BCUT2D eigenvalue weighted by Gasteiger charge is -2.15. The molecule has 0 aliphatic carbocycles. The summed E-state index contributed by atoms with van der Waals surface area (Å²) in [5, 5.41) is 3.07. The second-order valence-electron chi connectivity index (χ2n) is 4.63. The number of nitrogens with one attached hydrogen (secondary N) is 2. The van der Waals surface area contributed by atoms with Crippen LogP contribution in [0.15, 0.2) is 29.2 Å². The van der Waals surface area contributed by atoms with Crippen LogP contribution in [0.3, 0.4) is 0 Å². The van der Waals surface area contributed by atoms with Gasteiger partial charge in [-0.05, 0) is 50.6 Å². The van der Waals surface area contributed by atoms with E-state index in [0.29, 0.717) is 4.90 Å². The fourth-order valence-electron chi connectivity index (χ4n) is 1.85. The van der Waals surface area contributed by atoms with Gasteiger partial charge in [-0.3, -0.25) is 0 Å². The number of hydrogen-bond acceptors (Lipinski definition) is 3. The second kappa shape index (κ2) is 7.62. The van der Waals surface area contributed by atoms with Crippen molar-refractivity contribution in [3.05, 3.63) is 29.8 Å². The summed E-state index contributed by atoms with van der Waals surface area (Å²) in [4.78, 5) is 0.340. The lowest BCUT2D eigenvalue weighted by atomic mass is 10.1. The van der Waals surface area contributed by atoms with E-state index in [9.17, 15) is 8.42 Å². The molecule has 1 aromatic carbocycles. The third-order valence-electron chi connectivity index (χ3n) is 3.20. The number of rotatable bonds is 8. The van der Waals surface area contributed by atoms with Crippen molar-refractivity contribution in [2.24, 2.45) is 0 Å². The summed E-state index contributed by atoms with van der Waals surface area (Å²) in [7, 11) is -1.49. The predicted octanol–water partition coefficient (Wildman–Crippen LogP) is 1.92. The van der Waals surface area contributed by atoms with Crippen molar-refractivity contribution in [2.45, 2.75) is 44.0 Å². The fraction of sp³-hybridized carbons (Fsp3) is 0.571. The Morgan fingerprint density at radius 3 is 2.16 bits per heavy atom. The van der Waals surface area contributed by atoms with E-state index in [1.165, 1.54) is 0 Å². The van der Waals surface area contributed by atoms with Gasteiger partial charge in [-0.1, -0.05) is 26.0 Å². The van der Waals surface area contributed by atoms with E-state index < -0.39 is 10.0 Å². The molecule has 0 saturated carbocycles. The van der Waals surface area contributed by atoms with Gasteiger partial charge in [0.1, 0.15) is 0 Å². The molecule has 19 heavy (non-hydrogen) atoms. The van der Waals surface area contributed by atoms with Gasteiger partial charge in [0.15, 0.2) is 0 Å². The van der Waals surface area contributed by atoms with Gasteiger partial charge >= 0.3 is 0 Å². The van der Waals surface area contributed by atoms with Crippen LogP contribution in [0.25, 0.3) is 0 Å². The fourth-order valence-corrected chi connectivity index (χ4v) is 3.25. The molecule has 0 saturated heterocycles. The van der Waals surface area contributed by atoms with Gasteiger partial charge in [-0.25, -0.2) is 13.1 Å². The maximum absolute atomic E-state index is 12.2. The molecular formula is C14H24N2O2S. The van der Waals surface area contributed by atoms with Crippen LogP contribution < -0.4 is 10.0 Å². The zero-order valence-electron chi connectivity index (χ0n) is 11.9. The van der Waals surface area contributed by atoms with Crippen LogP contribution in [0.2, 0.25) is 0 Å². The molecule has 0 fully saturated rings. The molecule has 0 aromatic heterocycles. The first-order valence-corrected chi connectivity index (χ1v) is 8.27. The lowest BCUT2D eigenvalue weighted by molar-refractivity contribution is 0.530. The van der Waals surface area contributed by atoms with Crippen LogP contribution in [-0.4, -0.2) is 28.1 Å².